The van der Waals surface area contributed by atoms with Crippen molar-refractivity contribution in [1.29, 1.82) is 0 Å². The lowest BCUT2D eigenvalue weighted by Gasteiger charge is -1.92. The Hall–Kier alpha value is -0.980. The van der Waals surface area contributed by atoms with Crippen LogP contribution in [0.4, 0.5) is 0 Å². The molecule has 42 valence electrons. The zero-order chi connectivity index (χ0) is 5.66. The maximum Gasteiger partial charge on any atom is 0.106 e. The summed E-state index contributed by atoms with van der Waals surface area (Å²) in [5, 5.41) is 0. The first-order valence-electron chi connectivity index (χ1n) is 2.60. The van der Waals surface area contributed by atoms with Gasteiger partial charge in [0.05, 0.1) is 6.26 Å². The van der Waals surface area contributed by atoms with Crippen molar-refractivity contribution in [3.8, 4) is 0 Å². The van der Waals surface area contributed by atoms with E-state index in [2.05, 4.69) is 0 Å². The van der Waals surface area contributed by atoms with Crippen LogP contribution >= 0.6 is 0 Å². The Kier molecular flexibility index (Phi) is 1.99. The van der Waals surface area contributed by atoms with Gasteiger partial charge < -0.3 is 4.74 Å². The Labute approximate surface area is 49.0 Å². The largest absolute Gasteiger partial charge is 0.497 e. The van der Waals surface area contributed by atoms with Crippen molar-refractivity contribution in [2.24, 2.45) is 0 Å². The molecule has 0 aromatic carbocycles. The van der Waals surface area contributed by atoms with E-state index in [0.29, 0.717) is 6.61 Å². The van der Waals surface area contributed by atoms with Crippen molar-refractivity contribution in [2.75, 3.05) is 6.61 Å². The Bertz CT molecular complexity index is 115. The molecule has 0 bridgehead atoms. The van der Waals surface area contributed by atoms with E-state index in [0.717, 1.165) is 0 Å². The highest BCUT2D eigenvalue weighted by atomic mass is 16.5. The van der Waals surface area contributed by atoms with E-state index in [1.807, 2.05) is 30.4 Å². The second-order valence-electron chi connectivity index (χ2n) is 1.47. The molecule has 0 saturated carbocycles. The molecule has 0 unspecified atom stereocenters. The summed E-state index contributed by atoms with van der Waals surface area (Å²) >= 11 is 0. The molecule has 0 radical (unpaired) electrons. The lowest BCUT2D eigenvalue weighted by Crippen LogP contribution is -1.80. The fourth-order valence-corrected chi connectivity index (χ4v) is 0.474. The first kappa shape index (κ1) is 5.16. The van der Waals surface area contributed by atoms with Gasteiger partial charge in [-0.1, -0.05) is 18.2 Å². The van der Waals surface area contributed by atoms with Gasteiger partial charge in [0.15, 0.2) is 0 Å². The molecule has 8 heavy (non-hydrogen) atoms. The standard InChI is InChI=1S/C7H8O/c1-2-4-6-8-7-5-3-1/h1-6H,7H2/b2-1+,5-3-,6-4-. The fraction of sp³-hybridized carbons (Fsp3) is 0.143. The summed E-state index contributed by atoms with van der Waals surface area (Å²) in [5.74, 6) is 0. The van der Waals surface area contributed by atoms with Gasteiger partial charge in [0.1, 0.15) is 6.61 Å². The van der Waals surface area contributed by atoms with Gasteiger partial charge in [-0.05, 0) is 12.2 Å². The molecule has 0 N–H and O–H groups in total. The SMILES string of the molecule is C1=C\CO\C=C/C=C/1. The summed E-state index contributed by atoms with van der Waals surface area (Å²) in [6, 6.07) is 0. The molecule has 0 spiro atoms. The van der Waals surface area contributed by atoms with E-state index >= 15 is 0 Å². The molecular weight excluding hydrogens is 100 g/mol. The third kappa shape index (κ3) is 1.65. The van der Waals surface area contributed by atoms with E-state index in [1.54, 1.807) is 6.26 Å². The Morgan fingerprint density at radius 1 is 1.00 bits per heavy atom. The number of ether oxygens (including phenoxy) is 1. The quantitative estimate of drug-likeness (QED) is 0.458. The number of rotatable bonds is 0. The molecule has 0 amide bonds. The molecule has 1 heteroatoms. The van der Waals surface area contributed by atoms with Gasteiger partial charge in [0, 0.05) is 0 Å². The Morgan fingerprint density at radius 2 is 1.88 bits per heavy atom. The molecular formula is C7H8O. The summed E-state index contributed by atoms with van der Waals surface area (Å²) in [7, 11) is 0. The molecule has 1 nitrogen and oxygen atoms in total. The summed E-state index contributed by atoms with van der Waals surface area (Å²) in [5.41, 5.74) is 0. The van der Waals surface area contributed by atoms with Crippen LogP contribution < -0.4 is 0 Å². The normalized spacial score (nSPS) is 29.0. The van der Waals surface area contributed by atoms with E-state index in [9.17, 15) is 0 Å². The van der Waals surface area contributed by atoms with Crippen molar-refractivity contribution >= 4 is 0 Å². The summed E-state index contributed by atoms with van der Waals surface area (Å²) in [4.78, 5) is 0. The van der Waals surface area contributed by atoms with Crippen LogP contribution in [0.2, 0.25) is 0 Å². The first-order chi connectivity index (χ1) is 4.00. The van der Waals surface area contributed by atoms with Crippen molar-refractivity contribution in [1.82, 2.24) is 0 Å². The lowest BCUT2D eigenvalue weighted by molar-refractivity contribution is 0.289. The summed E-state index contributed by atoms with van der Waals surface area (Å²) in [6.07, 6.45) is 11.4. The molecule has 1 heterocycles. The number of allylic oxidation sites excluding steroid dienone is 4. The van der Waals surface area contributed by atoms with Crippen LogP contribution in [0.25, 0.3) is 0 Å². The average Bonchev–Trinajstić information content (AvgIpc) is 1.62. The minimum Gasteiger partial charge on any atom is -0.497 e. The van der Waals surface area contributed by atoms with Crippen LogP contribution in [-0.4, -0.2) is 6.61 Å². The summed E-state index contributed by atoms with van der Waals surface area (Å²) in [6.45, 7) is 0.681. The zero-order valence-electron chi connectivity index (χ0n) is 4.58. The van der Waals surface area contributed by atoms with Gasteiger partial charge in [0.2, 0.25) is 0 Å². The highest BCUT2D eigenvalue weighted by Crippen LogP contribution is 1.87. The monoisotopic (exact) mass is 108 g/mol. The molecule has 1 aliphatic heterocycles. The van der Waals surface area contributed by atoms with Crippen LogP contribution in [0.15, 0.2) is 36.6 Å². The number of hydrogen-bond donors (Lipinski definition) is 0. The maximum atomic E-state index is 4.96. The van der Waals surface area contributed by atoms with E-state index < -0.39 is 0 Å². The van der Waals surface area contributed by atoms with Crippen LogP contribution in [-0.2, 0) is 4.74 Å². The molecule has 0 aliphatic carbocycles. The van der Waals surface area contributed by atoms with E-state index in [1.165, 1.54) is 0 Å². The van der Waals surface area contributed by atoms with Crippen LogP contribution in [0.5, 0.6) is 0 Å². The predicted octanol–water partition coefficient (Wildman–Crippen LogP) is 1.64. The third-order valence-electron chi connectivity index (χ3n) is 0.837. The first-order valence-corrected chi connectivity index (χ1v) is 2.60. The summed E-state index contributed by atoms with van der Waals surface area (Å²) < 4.78 is 4.96. The third-order valence-corrected chi connectivity index (χ3v) is 0.837. The average molecular weight is 108 g/mol. The zero-order valence-corrected chi connectivity index (χ0v) is 4.58. The van der Waals surface area contributed by atoms with Crippen molar-refractivity contribution in [2.45, 2.75) is 0 Å². The van der Waals surface area contributed by atoms with Gasteiger partial charge in [-0.3, -0.25) is 0 Å². The van der Waals surface area contributed by atoms with Crippen molar-refractivity contribution in [3.63, 3.8) is 0 Å². The van der Waals surface area contributed by atoms with Crippen LogP contribution in [0, 0.1) is 0 Å². The van der Waals surface area contributed by atoms with E-state index in [4.69, 9.17) is 4.74 Å². The lowest BCUT2D eigenvalue weighted by atomic mass is 10.4. The second kappa shape index (κ2) is 3.08. The smallest absolute Gasteiger partial charge is 0.106 e. The van der Waals surface area contributed by atoms with Crippen molar-refractivity contribution in [3.05, 3.63) is 36.6 Å². The molecule has 0 aromatic rings. The van der Waals surface area contributed by atoms with Gasteiger partial charge in [0.25, 0.3) is 0 Å². The predicted molar refractivity (Wildman–Crippen MR) is 33.4 cm³/mol. The minimum atomic E-state index is 0.681. The second-order valence-corrected chi connectivity index (χ2v) is 1.47. The Morgan fingerprint density at radius 3 is 2.88 bits per heavy atom. The Balaban J connectivity index is 2.51. The van der Waals surface area contributed by atoms with Gasteiger partial charge >= 0.3 is 0 Å². The minimum absolute atomic E-state index is 0.681. The maximum absolute atomic E-state index is 4.96. The molecule has 0 fully saturated rings. The van der Waals surface area contributed by atoms with Crippen LogP contribution in [0.1, 0.15) is 0 Å². The molecule has 1 rings (SSSR count). The molecule has 0 aromatic heterocycles. The topological polar surface area (TPSA) is 9.23 Å². The molecule has 0 saturated heterocycles. The highest BCUT2D eigenvalue weighted by Gasteiger charge is 1.73. The highest BCUT2D eigenvalue weighted by molar-refractivity contribution is 5.11. The molecule has 0 atom stereocenters. The van der Waals surface area contributed by atoms with Crippen molar-refractivity contribution < 1.29 is 4.74 Å². The fourth-order valence-electron chi connectivity index (χ4n) is 0.474. The molecule has 1 aliphatic rings. The van der Waals surface area contributed by atoms with E-state index in [-0.39, 0.29) is 0 Å². The van der Waals surface area contributed by atoms with Gasteiger partial charge in [-0.2, -0.15) is 0 Å². The van der Waals surface area contributed by atoms with Gasteiger partial charge in [-0.15, -0.1) is 0 Å². The number of hydrogen-bond acceptors (Lipinski definition) is 1. The van der Waals surface area contributed by atoms with Crippen LogP contribution in [0.3, 0.4) is 0 Å². The van der Waals surface area contributed by atoms with Gasteiger partial charge in [-0.25, -0.2) is 0 Å².